The highest BCUT2D eigenvalue weighted by Gasteiger charge is 2.72. The van der Waals surface area contributed by atoms with Gasteiger partial charge in [-0.05, 0) is 35.4 Å². The fraction of sp³-hybridized carbons (Fsp3) is 0.294. The minimum atomic E-state index is -6.06. The number of rotatable bonds is 4. The van der Waals surface area contributed by atoms with Gasteiger partial charge in [0.2, 0.25) is 5.41 Å². The van der Waals surface area contributed by atoms with Crippen molar-refractivity contribution in [2.75, 3.05) is 0 Å². The summed E-state index contributed by atoms with van der Waals surface area (Å²) in [4.78, 5) is 0. The lowest BCUT2D eigenvalue weighted by Gasteiger charge is -2.39. The van der Waals surface area contributed by atoms with Crippen LogP contribution in [0.5, 0.6) is 11.5 Å². The molecular formula is C17H14F6O6. The smallest absolute Gasteiger partial charge is 0.411 e. The minimum Gasteiger partial charge on any atom is -0.507 e. The van der Waals surface area contributed by atoms with Crippen molar-refractivity contribution < 1.29 is 57.0 Å². The second-order valence-electron chi connectivity index (χ2n) is 6.04. The van der Waals surface area contributed by atoms with Crippen molar-refractivity contribution in [3.05, 3.63) is 58.7 Å². The second kappa shape index (κ2) is 7.37. The van der Waals surface area contributed by atoms with Crippen LogP contribution in [0.2, 0.25) is 0 Å². The average molecular weight is 428 g/mol. The number of aliphatic hydroxyl groups is 4. The Hall–Kier alpha value is -2.54. The summed E-state index contributed by atoms with van der Waals surface area (Å²) in [7, 11) is 0. The SMILES string of the molecule is Oc1ccc(C(c2ccc(O)c(C(O)O)c2)(C(F)(F)F)C(F)(F)F)cc1C(O)O. The molecule has 160 valence electrons. The third-order valence-electron chi connectivity index (χ3n) is 4.33. The molecule has 0 bridgehead atoms. The highest BCUT2D eigenvalue weighted by molar-refractivity contribution is 5.51. The molecule has 0 saturated carbocycles. The third kappa shape index (κ3) is 3.71. The molecule has 2 aromatic carbocycles. The van der Waals surface area contributed by atoms with Crippen LogP contribution in [0.3, 0.4) is 0 Å². The predicted molar refractivity (Wildman–Crippen MR) is 83.5 cm³/mol. The van der Waals surface area contributed by atoms with Crippen LogP contribution >= 0.6 is 0 Å². The summed E-state index contributed by atoms with van der Waals surface area (Å²) in [6, 6.07) is 1.71. The van der Waals surface area contributed by atoms with E-state index < -0.39 is 64.1 Å². The van der Waals surface area contributed by atoms with Crippen molar-refractivity contribution in [3.8, 4) is 11.5 Å². The summed E-state index contributed by atoms with van der Waals surface area (Å²) in [6.07, 6.45) is -17.3. The van der Waals surface area contributed by atoms with Crippen LogP contribution in [0.15, 0.2) is 36.4 Å². The van der Waals surface area contributed by atoms with Crippen LogP contribution in [0.1, 0.15) is 34.8 Å². The van der Waals surface area contributed by atoms with Gasteiger partial charge in [-0.25, -0.2) is 0 Å². The van der Waals surface area contributed by atoms with E-state index in [-0.39, 0.29) is 12.1 Å². The Morgan fingerprint density at radius 1 is 0.586 bits per heavy atom. The van der Waals surface area contributed by atoms with Gasteiger partial charge in [0.25, 0.3) is 0 Å². The predicted octanol–water partition coefficient (Wildman–Crippen LogP) is 2.47. The maximum atomic E-state index is 14.0. The fourth-order valence-electron chi connectivity index (χ4n) is 2.97. The van der Waals surface area contributed by atoms with Gasteiger partial charge in [-0.1, -0.05) is 12.1 Å². The molecule has 6 nitrogen and oxygen atoms in total. The monoisotopic (exact) mass is 428 g/mol. The molecule has 6 N–H and O–H groups in total. The number of hydrogen-bond donors (Lipinski definition) is 6. The van der Waals surface area contributed by atoms with Gasteiger partial charge in [0.05, 0.1) is 0 Å². The first-order valence-corrected chi connectivity index (χ1v) is 7.67. The molecule has 2 rings (SSSR count). The Morgan fingerprint density at radius 3 is 1.14 bits per heavy atom. The van der Waals surface area contributed by atoms with Gasteiger partial charge in [0, 0.05) is 11.1 Å². The molecule has 0 aliphatic rings. The van der Waals surface area contributed by atoms with Crippen molar-refractivity contribution in [2.24, 2.45) is 0 Å². The van der Waals surface area contributed by atoms with Gasteiger partial charge in [-0.3, -0.25) is 0 Å². The Morgan fingerprint density at radius 2 is 0.897 bits per heavy atom. The number of phenolic OH excluding ortho intramolecular Hbond substituents is 2. The van der Waals surface area contributed by atoms with Crippen molar-refractivity contribution in [3.63, 3.8) is 0 Å². The molecule has 12 heteroatoms. The maximum absolute atomic E-state index is 14.0. The number of hydrogen-bond acceptors (Lipinski definition) is 6. The lowest BCUT2D eigenvalue weighted by Crippen LogP contribution is -2.54. The number of aromatic hydroxyl groups is 2. The van der Waals surface area contributed by atoms with E-state index in [1.165, 1.54) is 0 Å². The molecule has 0 atom stereocenters. The molecule has 0 aliphatic heterocycles. The van der Waals surface area contributed by atoms with Gasteiger partial charge in [0.1, 0.15) is 11.5 Å². The molecule has 0 aliphatic carbocycles. The summed E-state index contributed by atoms with van der Waals surface area (Å²) < 4.78 is 84.1. The standard InChI is InChI=1S/C17H14F6O6/c18-16(19,20)15(17(21,22)23,7-1-3-11(24)9(5-7)13(26)27)8-2-4-12(25)10(6-8)14(28)29/h1-6,13-14,24-29H. The van der Waals surface area contributed by atoms with Crippen LogP contribution < -0.4 is 0 Å². The number of benzene rings is 2. The van der Waals surface area contributed by atoms with E-state index in [0.29, 0.717) is 24.3 Å². The molecule has 0 heterocycles. The number of aliphatic hydroxyl groups excluding tert-OH is 2. The molecule has 0 aromatic heterocycles. The first-order chi connectivity index (χ1) is 13.1. The molecule has 0 unspecified atom stereocenters. The Bertz CT molecular complexity index is 817. The van der Waals surface area contributed by atoms with Gasteiger partial charge < -0.3 is 30.6 Å². The zero-order valence-corrected chi connectivity index (χ0v) is 14.1. The van der Waals surface area contributed by atoms with Crippen molar-refractivity contribution in [1.82, 2.24) is 0 Å². The van der Waals surface area contributed by atoms with E-state index >= 15 is 0 Å². The zero-order chi connectivity index (χ0) is 22.4. The molecule has 2 aromatic rings. The van der Waals surface area contributed by atoms with Gasteiger partial charge >= 0.3 is 12.4 Å². The topological polar surface area (TPSA) is 121 Å². The fourth-order valence-corrected chi connectivity index (χ4v) is 2.97. The lowest BCUT2D eigenvalue weighted by molar-refractivity contribution is -0.288. The van der Waals surface area contributed by atoms with E-state index in [1.807, 2.05) is 0 Å². The molecular weight excluding hydrogens is 414 g/mol. The minimum absolute atomic E-state index is 0.128. The Kier molecular flexibility index (Phi) is 5.78. The quantitative estimate of drug-likeness (QED) is 0.329. The largest absolute Gasteiger partial charge is 0.507 e. The second-order valence-corrected chi connectivity index (χ2v) is 6.04. The zero-order valence-electron chi connectivity index (χ0n) is 14.1. The Labute approximate surface area is 158 Å². The summed E-state index contributed by atoms with van der Waals surface area (Å²) in [5, 5.41) is 55.7. The molecule has 0 saturated heterocycles. The molecule has 0 spiro atoms. The maximum Gasteiger partial charge on any atom is 0.411 e. The van der Waals surface area contributed by atoms with Crippen molar-refractivity contribution in [1.29, 1.82) is 0 Å². The van der Waals surface area contributed by atoms with Gasteiger partial charge in [-0.15, -0.1) is 0 Å². The molecule has 0 amide bonds. The Balaban J connectivity index is 3.00. The highest BCUT2D eigenvalue weighted by atomic mass is 19.4. The molecule has 0 radical (unpaired) electrons. The summed E-state index contributed by atoms with van der Waals surface area (Å²) in [6.45, 7) is 0. The average Bonchev–Trinajstić information content (AvgIpc) is 2.55. The molecule has 29 heavy (non-hydrogen) atoms. The van der Waals surface area contributed by atoms with Crippen LogP contribution in [-0.4, -0.2) is 43.0 Å². The first-order valence-electron chi connectivity index (χ1n) is 7.67. The van der Waals surface area contributed by atoms with Gasteiger partial charge in [0.15, 0.2) is 12.6 Å². The summed E-state index contributed by atoms with van der Waals surface area (Å²) >= 11 is 0. The number of halogens is 6. The van der Waals surface area contributed by atoms with E-state index in [4.69, 9.17) is 20.4 Å². The van der Waals surface area contributed by atoms with Crippen LogP contribution in [-0.2, 0) is 5.41 Å². The highest BCUT2D eigenvalue weighted by Crippen LogP contribution is 2.57. The number of phenols is 2. The normalized spacial score (nSPS) is 13.4. The lowest BCUT2D eigenvalue weighted by atomic mass is 9.72. The van der Waals surface area contributed by atoms with E-state index in [9.17, 15) is 36.6 Å². The van der Waals surface area contributed by atoms with Crippen LogP contribution in [0.25, 0.3) is 0 Å². The van der Waals surface area contributed by atoms with Crippen molar-refractivity contribution in [2.45, 2.75) is 30.3 Å². The van der Waals surface area contributed by atoms with Crippen LogP contribution in [0, 0.1) is 0 Å². The summed E-state index contributed by atoms with van der Waals surface area (Å²) in [5.41, 5.74) is -9.85. The van der Waals surface area contributed by atoms with E-state index in [2.05, 4.69) is 0 Å². The van der Waals surface area contributed by atoms with Crippen molar-refractivity contribution >= 4 is 0 Å². The first kappa shape index (κ1) is 22.7. The van der Waals surface area contributed by atoms with E-state index in [1.54, 1.807) is 0 Å². The number of alkyl halides is 6. The van der Waals surface area contributed by atoms with Gasteiger partial charge in [-0.2, -0.15) is 26.3 Å². The van der Waals surface area contributed by atoms with E-state index in [0.717, 1.165) is 0 Å². The third-order valence-corrected chi connectivity index (χ3v) is 4.33. The van der Waals surface area contributed by atoms with Crippen LogP contribution in [0.4, 0.5) is 26.3 Å². The molecule has 0 fully saturated rings. The summed E-state index contributed by atoms with van der Waals surface area (Å²) in [5.74, 6) is -1.92.